The van der Waals surface area contributed by atoms with Crippen LogP contribution < -0.4 is 5.32 Å². The Hall–Kier alpha value is -0.610. The molecular weight excluding hydrogens is 242 g/mol. The molecule has 2 rings (SSSR count). The maximum Gasteiger partial charge on any atom is 0.223 e. The summed E-state index contributed by atoms with van der Waals surface area (Å²) in [5, 5.41) is 13.6. The Balaban J connectivity index is 1.82. The minimum absolute atomic E-state index is 0.0226. The highest BCUT2D eigenvalue weighted by molar-refractivity contribution is 5.77. The Morgan fingerprint density at radius 2 is 2.00 bits per heavy atom. The zero-order valence-electron chi connectivity index (χ0n) is 12.2. The van der Waals surface area contributed by atoms with Gasteiger partial charge >= 0.3 is 0 Å². The van der Waals surface area contributed by atoms with E-state index in [2.05, 4.69) is 5.32 Å². The van der Waals surface area contributed by atoms with E-state index in [9.17, 15) is 9.90 Å². The van der Waals surface area contributed by atoms with Crippen LogP contribution in [0.5, 0.6) is 0 Å². The number of carbonyl (C=O) groups is 1. The number of hydrogen-bond acceptors (Lipinski definition) is 3. The van der Waals surface area contributed by atoms with Crippen molar-refractivity contribution in [3.63, 3.8) is 0 Å². The summed E-state index contributed by atoms with van der Waals surface area (Å²) in [5.74, 6) is -0.0226. The summed E-state index contributed by atoms with van der Waals surface area (Å²) in [7, 11) is 0. The Labute approximate surface area is 115 Å². The molecule has 0 saturated carbocycles. The van der Waals surface area contributed by atoms with E-state index in [1.54, 1.807) is 0 Å². The van der Waals surface area contributed by atoms with Gasteiger partial charge in [-0.2, -0.15) is 0 Å². The lowest BCUT2D eigenvalue weighted by Crippen LogP contribution is -2.44. The molecule has 2 heterocycles. The number of aliphatic hydroxyl groups is 1. The topological polar surface area (TPSA) is 58.6 Å². The third-order valence-corrected chi connectivity index (χ3v) is 4.37. The van der Waals surface area contributed by atoms with Crippen LogP contribution in [0.1, 0.15) is 65.2 Å². The molecule has 4 nitrogen and oxygen atoms in total. The molecule has 2 saturated heterocycles. The summed E-state index contributed by atoms with van der Waals surface area (Å²) in [4.78, 5) is 12.1. The monoisotopic (exact) mass is 269 g/mol. The van der Waals surface area contributed by atoms with E-state index in [4.69, 9.17) is 4.74 Å². The van der Waals surface area contributed by atoms with Crippen molar-refractivity contribution in [1.82, 2.24) is 5.32 Å². The highest BCUT2D eigenvalue weighted by Crippen LogP contribution is 2.34. The fourth-order valence-corrected chi connectivity index (χ4v) is 3.58. The average Bonchev–Trinajstić information content (AvgIpc) is 2.90. The van der Waals surface area contributed by atoms with Crippen molar-refractivity contribution in [2.24, 2.45) is 0 Å². The summed E-state index contributed by atoms with van der Waals surface area (Å²) in [6.07, 6.45) is 7.11. The van der Waals surface area contributed by atoms with Gasteiger partial charge in [-0.3, -0.25) is 4.79 Å². The highest BCUT2D eigenvalue weighted by atomic mass is 16.5. The number of rotatable bonds is 7. The first-order valence-electron chi connectivity index (χ1n) is 7.73. The fraction of sp³-hybridized carbons (Fsp3) is 0.933. The van der Waals surface area contributed by atoms with Crippen LogP contribution in [-0.4, -0.2) is 34.9 Å². The second-order valence-corrected chi connectivity index (χ2v) is 6.18. The molecule has 0 aromatic carbocycles. The molecule has 2 N–H and O–H groups in total. The Kier molecular flexibility index (Phi) is 4.85. The minimum atomic E-state index is -0.827. The standard InChI is InChI=1S/C15H27NO3/c1-3-7-15(18,8-4-2)10-14(17)16-12-9-11-5-6-13(12)19-11/h11-13,18H,3-10H2,1-2H3,(H,16,17). The molecule has 2 fully saturated rings. The van der Waals surface area contributed by atoms with Crippen molar-refractivity contribution in [3.8, 4) is 0 Å². The van der Waals surface area contributed by atoms with E-state index in [0.717, 1.165) is 32.1 Å². The molecule has 19 heavy (non-hydrogen) atoms. The summed E-state index contributed by atoms with van der Waals surface area (Å²) in [5.41, 5.74) is -0.827. The molecule has 0 radical (unpaired) electrons. The van der Waals surface area contributed by atoms with Gasteiger partial charge in [0.25, 0.3) is 0 Å². The predicted molar refractivity (Wildman–Crippen MR) is 73.8 cm³/mol. The molecule has 0 aliphatic carbocycles. The quantitative estimate of drug-likeness (QED) is 0.744. The van der Waals surface area contributed by atoms with Gasteiger partial charge in [0.15, 0.2) is 0 Å². The molecule has 0 aromatic rings. The maximum absolute atomic E-state index is 12.1. The summed E-state index contributed by atoms with van der Waals surface area (Å²) in [6.45, 7) is 4.09. The highest BCUT2D eigenvalue weighted by Gasteiger charge is 2.42. The molecule has 2 aliphatic heterocycles. The van der Waals surface area contributed by atoms with Gasteiger partial charge in [-0.15, -0.1) is 0 Å². The smallest absolute Gasteiger partial charge is 0.223 e. The number of nitrogens with one attached hydrogen (secondary N) is 1. The van der Waals surface area contributed by atoms with E-state index < -0.39 is 5.60 Å². The van der Waals surface area contributed by atoms with Gasteiger partial charge in [0.2, 0.25) is 5.91 Å². The van der Waals surface area contributed by atoms with E-state index in [0.29, 0.717) is 18.9 Å². The molecule has 3 unspecified atom stereocenters. The number of carbonyl (C=O) groups excluding carboxylic acids is 1. The third kappa shape index (κ3) is 3.69. The van der Waals surface area contributed by atoms with Crippen molar-refractivity contribution in [2.75, 3.05) is 0 Å². The van der Waals surface area contributed by atoms with Gasteiger partial charge in [-0.05, 0) is 32.1 Å². The molecule has 2 aliphatic rings. The first kappa shape index (κ1) is 14.8. The van der Waals surface area contributed by atoms with Crippen LogP contribution in [0.15, 0.2) is 0 Å². The molecule has 3 atom stereocenters. The number of ether oxygens (including phenoxy) is 1. The molecule has 1 amide bonds. The van der Waals surface area contributed by atoms with Crippen LogP contribution in [0.4, 0.5) is 0 Å². The van der Waals surface area contributed by atoms with Crippen LogP contribution >= 0.6 is 0 Å². The third-order valence-electron chi connectivity index (χ3n) is 4.37. The van der Waals surface area contributed by atoms with Crippen LogP contribution in [0, 0.1) is 0 Å². The van der Waals surface area contributed by atoms with Crippen molar-refractivity contribution in [3.05, 3.63) is 0 Å². The number of fused-ring (bicyclic) bond motifs is 2. The van der Waals surface area contributed by atoms with Gasteiger partial charge < -0.3 is 15.2 Å². The van der Waals surface area contributed by atoms with E-state index in [1.807, 2.05) is 13.8 Å². The van der Waals surface area contributed by atoms with Crippen molar-refractivity contribution >= 4 is 5.91 Å². The first-order valence-corrected chi connectivity index (χ1v) is 7.73. The van der Waals surface area contributed by atoms with Gasteiger partial charge in [0.05, 0.1) is 30.3 Å². The zero-order chi connectivity index (χ0) is 13.9. The SMILES string of the molecule is CCCC(O)(CCC)CC(=O)NC1CC2CCC1O2. The van der Waals surface area contributed by atoms with Crippen LogP contribution in [0.3, 0.4) is 0 Å². The molecule has 2 bridgehead atoms. The van der Waals surface area contributed by atoms with Crippen LogP contribution in [0.2, 0.25) is 0 Å². The second kappa shape index (κ2) is 6.23. The second-order valence-electron chi connectivity index (χ2n) is 6.18. The molecule has 4 heteroatoms. The minimum Gasteiger partial charge on any atom is -0.389 e. The normalized spacial score (nSPS) is 29.7. The summed E-state index contributed by atoms with van der Waals surface area (Å²) >= 11 is 0. The Morgan fingerprint density at radius 3 is 2.47 bits per heavy atom. The van der Waals surface area contributed by atoms with Crippen molar-refractivity contribution < 1.29 is 14.6 Å². The molecule has 0 spiro atoms. The van der Waals surface area contributed by atoms with Gasteiger partial charge in [-0.25, -0.2) is 0 Å². The van der Waals surface area contributed by atoms with Crippen LogP contribution in [-0.2, 0) is 9.53 Å². The number of hydrogen-bond donors (Lipinski definition) is 2. The lowest BCUT2D eigenvalue weighted by atomic mass is 9.88. The van der Waals surface area contributed by atoms with Crippen molar-refractivity contribution in [2.45, 2.75) is 89.1 Å². The summed E-state index contributed by atoms with van der Waals surface area (Å²) in [6, 6.07) is 0.166. The van der Waals surface area contributed by atoms with Crippen LogP contribution in [0.25, 0.3) is 0 Å². The zero-order valence-corrected chi connectivity index (χ0v) is 12.2. The fourth-order valence-electron chi connectivity index (χ4n) is 3.58. The van der Waals surface area contributed by atoms with Gasteiger partial charge in [-0.1, -0.05) is 26.7 Å². The lowest BCUT2D eigenvalue weighted by molar-refractivity contribution is -0.127. The van der Waals surface area contributed by atoms with E-state index in [1.165, 1.54) is 0 Å². The Morgan fingerprint density at radius 1 is 1.32 bits per heavy atom. The lowest BCUT2D eigenvalue weighted by Gasteiger charge is -2.28. The Bertz CT molecular complexity index is 313. The van der Waals surface area contributed by atoms with Crippen molar-refractivity contribution in [1.29, 1.82) is 0 Å². The molecule has 110 valence electrons. The maximum atomic E-state index is 12.1. The molecule has 0 aromatic heterocycles. The first-order chi connectivity index (χ1) is 9.06. The van der Waals surface area contributed by atoms with Gasteiger partial charge in [0, 0.05) is 0 Å². The van der Waals surface area contributed by atoms with Gasteiger partial charge in [0.1, 0.15) is 0 Å². The number of amides is 1. The predicted octanol–water partition coefficient (Wildman–Crippen LogP) is 2.14. The average molecular weight is 269 g/mol. The molecular formula is C15H27NO3. The summed E-state index contributed by atoms with van der Waals surface area (Å²) < 4.78 is 5.73. The van der Waals surface area contributed by atoms with E-state index >= 15 is 0 Å². The van der Waals surface area contributed by atoms with E-state index in [-0.39, 0.29) is 24.5 Å². The largest absolute Gasteiger partial charge is 0.389 e.